The molecule has 0 spiro atoms. The summed E-state index contributed by atoms with van der Waals surface area (Å²) in [5, 5.41) is 0.635. The van der Waals surface area contributed by atoms with E-state index >= 15 is 0 Å². The molecule has 0 saturated heterocycles. The van der Waals surface area contributed by atoms with E-state index in [0.717, 1.165) is 17.9 Å². The quantitative estimate of drug-likeness (QED) is 0.804. The molecule has 1 aromatic carbocycles. The van der Waals surface area contributed by atoms with E-state index in [2.05, 4.69) is 4.90 Å². The predicted molar refractivity (Wildman–Crippen MR) is 71.6 cm³/mol. The van der Waals surface area contributed by atoms with Crippen LogP contribution in [-0.2, 0) is 6.54 Å². The summed E-state index contributed by atoms with van der Waals surface area (Å²) >= 11 is 5.81. The van der Waals surface area contributed by atoms with Crippen LogP contribution in [-0.4, -0.2) is 17.7 Å². The van der Waals surface area contributed by atoms with Crippen molar-refractivity contribution in [1.29, 1.82) is 0 Å². The van der Waals surface area contributed by atoms with Gasteiger partial charge in [0.15, 0.2) is 0 Å². The van der Waals surface area contributed by atoms with E-state index < -0.39 is 0 Å². The van der Waals surface area contributed by atoms with Gasteiger partial charge < -0.3 is 9.15 Å². The summed E-state index contributed by atoms with van der Waals surface area (Å²) < 4.78 is 11.3. The van der Waals surface area contributed by atoms with E-state index in [-0.39, 0.29) is 10.5 Å². The van der Waals surface area contributed by atoms with Gasteiger partial charge in [-0.15, -0.1) is 0 Å². The van der Waals surface area contributed by atoms with Gasteiger partial charge in [-0.3, -0.25) is 9.69 Å². The lowest BCUT2D eigenvalue weighted by atomic mass is 10.1. The number of nitrogens with zero attached hydrogens (tertiary/aromatic N) is 1. The van der Waals surface area contributed by atoms with Crippen molar-refractivity contribution in [3.8, 4) is 5.75 Å². The summed E-state index contributed by atoms with van der Waals surface area (Å²) in [5.41, 5.74) is 1.36. The Morgan fingerprint density at radius 2 is 2.16 bits per heavy atom. The second-order valence-electron chi connectivity index (χ2n) is 5.08. The van der Waals surface area contributed by atoms with Crippen LogP contribution in [0.5, 0.6) is 5.75 Å². The zero-order valence-electron chi connectivity index (χ0n) is 10.2. The molecule has 4 nitrogen and oxygen atoms in total. The first-order chi connectivity index (χ1) is 9.24. The Hall–Kier alpha value is -1.52. The molecule has 2 aliphatic rings. The molecular formula is C14H12ClNO3. The van der Waals surface area contributed by atoms with Gasteiger partial charge in [0.2, 0.25) is 5.43 Å². The van der Waals surface area contributed by atoms with Crippen LogP contribution in [0.3, 0.4) is 0 Å². The number of benzene rings is 1. The highest BCUT2D eigenvalue weighted by Gasteiger charge is 2.33. The molecular weight excluding hydrogens is 266 g/mol. The Balaban J connectivity index is 1.91. The van der Waals surface area contributed by atoms with Gasteiger partial charge in [-0.25, -0.2) is 0 Å². The maximum Gasteiger partial charge on any atom is 0.211 e. The Kier molecular flexibility index (Phi) is 2.37. The van der Waals surface area contributed by atoms with Crippen molar-refractivity contribution >= 4 is 22.6 Å². The topological polar surface area (TPSA) is 42.7 Å². The molecule has 1 saturated carbocycles. The van der Waals surface area contributed by atoms with Gasteiger partial charge in [0.05, 0.1) is 10.9 Å². The zero-order valence-corrected chi connectivity index (χ0v) is 10.9. The standard InChI is InChI=1S/C14H12ClNO3/c15-11-6-18-14-9(13(11)17)3-4-12-10(14)5-16(7-19-12)8-1-2-8/h3-4,6,8H,1-2,5,7H2. The van der Waals surface area contributed by atoms with E-state index in [1.54, 1.807) is 6.07 Å². The molecule has 0 N–H and O–H groups in total. The smallest absolute Gasteiger partial charge is 0.211 e. The molecule has 2 aromatic rings. The molecule has 0 atom stereocenters. The van der Waals surface area contributed by atoms with Crippen LogP contribution < -0.4 is 10.2 Å². The summed E-state index contributed by atoms with van der Waals surface area (Å²) in [5.74, 6) is 0.801. The van der Waals surface area contributed by atoms with Gasteiger partial charge in [0.25, 0.3) is 0 Å². The number of fused-ring (bicyclic) bond motifs is 3. The van der Waals surface area contributed by atoms with E-state index in [1.165, 1.54) is 19.1 Å². The molecule has 1 aliphatic carbocycles. The van der Waals surface area contributed by atoms with Crippen LogP contribution in [0.2, 0.25) is 5.02 Å². The Bertz CT molecular complexity index is 720. The van der Waals surface area contributed by atoms with Gasteiger partial charge in [-0.2, -0.15) is 0 Å². The normalized spacial score (nSPS) is 19.2. The summed E-state index contributed by atoms with van der Waals surface area (Å²) in [6.45, 7) is 1.38. The second kappa shape index (κ2) is 3.99. The minimum atomic E-state index is -0.186. The van der Waals surface area contributed by atoms with Crippen molar-refractivity contribution in [3.63, 3.8) is 0 Å². The molecule has 4 rings (SSSR count). The fraction of sp³-hybridized carbons (Fsp3) is 0.357. The molecule has 1 fully saturated rings. The average molecular weight is 278 g/mol. The van der Waals surface area contributed by atoms with Crippen molar-refractivity contribution in [3.05, 3.63) is 39.2 Å². The van der Waals surface area contributed by atoms with Gasteiger partial charge in [0, 0.05) is 12.6 Å². The first-order valence-electron chi connectivity index (χ1n) is 6.34. The van der Waals surface area contributed by atoms with E-state index in [0.29, 0.717) is 23.7 Å². The lowest BCUT2D eigenvalue weighted by Crippen LogP contribution is -2.33. The molecule has 1 aliphatic heterocycles. The van der Waals surface area contributed by atoms with Crippen molar-refractivity contribution in [2.75, 3.05) is 6.73 Å². The average Bonchev–Trinajstić information content (AvgIpc) is 3.26. The van der Waals surface area contributed by atoms with Gasteiger partial charge in [-0.05, 0) is 25.0 Å². The molecule has 0 bridgehead atoms. The van der Waals surface area contributed by atoms with Crippen LogP contribution in [0.15, 0.2) is 27.6 Å². The van der Waals surface area contributed by atoms with Crippen LogP contribution in [0, 0.1) is 0 Å². The maximum atomic E-state index is 12.0. The van der Waals surface area contributed by atoms with Crippen LogP contribution in [0.25, 0.3) is 11.0 Å². The first-order valence-corrected chi connectivity index (χ1v) is 6.71. The number of hydrogen-bond acceptors (Lipinski definition) is 4. The Labute approximate surface area is 114 Å². The van der Waals surface area contributed by atoms with Crippen molar-refractivity contribution in [2.24, 2.45) is 0 Å². The van der Waals surface area contributed by atoms with Crippen molar-refractivity contribution in [2.45, 2.75) is 25.4 Å². The molecule has 19 heavy (non-hydrogen) atoms. The fourth-order valence-corrected chi connectivity index (χ4v) is 2.72. The summed E-state index contributed by atoms with van der Waals surface area (Å²) in [6, 6.07) is 4.16. The molecule has 0 radical (unpaired) electrons. The zero-order chi connectivity index (χ0) is 13.0. The number of ether oxygens (including phenoxy) is 1. The Morgan fingerprint density at radius 1 is 1.32 bits per heavy atom. The number of hydrogen-bond donors (Lipinski definition) is 0. The summed E-state index contributed by atoms with van der Waals surface area (Å²) in [7, 11) is 0. The Morgan fingerprint density at radius 3 is 2.95 bits per heavy atom. The van der Waals surface area contributed by atoms with Crippen LogP contribution in [0.1, 0.15) is 18.4 Å². The van der Waals surface area contributed by atoms with E-state index in [4.69, 9.17) is 20.8 Å². The second-order valence-corrected chi connectivity index (χ2v) is 5.49. The lowest BCUT2D eigenvalue weighted by Gasteiger charge is -2.29. The highest BCUT2D eigenvalue weighted by molar-refractivity contribution is 6.30. The minimum absolute atomic E-state index is 0.114. The van der Waals surface area contributed by atoms with Crippen molar-refractivity contribution < 1.29 is 9.15 Å². The third-order valence-corrected chi connectivity index (χ3v) is 4.03. The van der Waals surface area contributed by atoms with Crippen LogP contribution in [0.4, 0.5) is 0 Å². The first kappa shape index (κ1) is 11.3. The molecule has 98 valence electrons. The molecule has 1 aromatic heterocycles. The number of rotatable bonds is 1. The van der Waals surface area contributed by atoms with Gasteiger partial charge in [0.1, 0.15) is 29.3 Å². The minimum Gasteiger partial charge on any atom is -0.478 e. The third kappa shape index (κ3) is 1.75. The van der Waals surface area contributed by atoms with Gasteiger partial charge in [-0.1, -0.05) is 11.6 Å². The fourth-order valence-electron chi connectivity index (χ4n) is 2.58. The van der Waals surface area contributed by atoms with E-state index in [9.17, 15) is 4.79 Å². The SMILES string of the molecule is O=c1c(Cl)coc2c3c(ccc12)OCN(C1CC1)C3. The highest BCUT2D eigenvalue weighted by atomic mass is 35.5. The monoisotopic (exact) mass is 277 g/mol. The van der Waals surface area contributed by atoms with Crippen LogP contribution >= 0.6 is 11.6 Å². The third-order valence-electron chi connectivity index (χ3n) is 3.77. The molecule has 5 heteroatoms. The highest BCUT2D eigenvalue weighted by Crippen LogP contribution is 2.36. The number of halogens is 1. The molecule has 2 heterocycles. The maximum absolute atomic E-state index is 12.0. The van der Waals surface area contributed by atoms with Crippen molar-refractivity contribution in [1.82, 2.24) is 4.90 Å². The summed E-state index contributed by atoms with van der Waals surface area (Å²) in [4.78, 5) is 14.3. The molecule has 0 amide bonds. The predicted octanol–water partition coefficient (Wildman–Crippen LogP) is 2.76. The largest absolute Gasteiger partial charge is 0.478 e. The van der Waals surface area contributed by atoms with E-state index in [1.807, 2.05) is 6.07 Å². The van der Waals surface area contributed by atoms with Gasteiger partial charge >= 0.3 is 0 Å². The summed E-state index contributed by atoms with van der Waals surface area (Å²) in [6.07, 6.45) is 3.75. The lowest BCUT2D eigenvalue weighted by molar-refractivity contribution is 0.0885. The molecule has 0 unspecified atom stereocenters.